The van der Waals surface area contributed by atoms with Gasteiger partial charge in [-0.15, -0.1) is 0 Å². The number of nitrogens with zero attached hydrogens (tertiary/aromatic N) is 1. The molecular weight excluding hydrogens is 431 g/mol. The molecule has 1 aliphatic rings. The summed E-state index contributed by atoms with van der Waals surface area (Å²) >= 11 is 0. The summed E-state index contributed by atoms with van der Waals surface area (Å²) in [6.45, 7) is -0.0229. The van der Waals surface area contributed by atoms with Crippen molar-refractivity contribution in [2.45, 2.75) is 18.4 Å². The molecule has 168 valence electrons. The topological polar surface area (TPSA) is 119 Å². The van der Waals surface area contributed by atoms with E-state index < -0.39 is 41.0 Å². The number of aliphatic carboxylic acids is 1. The zero-order valence-corrected chi connectivity index (χ0v) is 17.2. The van der Waals surface area contributed by atoms with Crippen LogP contribution in [0.25, 0.3) is 11.1 Å². The highest BCUT2D eigenvalue weighted by Gasteiger charge is 2.30. The van der Waals surface area contributed by atoms with E-state index in [1.54, 1.807) is 0 Å². The number of carbonyl (C=O) groups is 2. The third kappa shape index (κ3) is 4.52. The maximum absolute atomic E-state index is 13.8. The van der Waals surface area contributed by atoms with E-state index in [2.05, 4.69) is 5.32 Å². The number of hydrogen-bond donors (Lipinski definition) is 2. The lowest BCUT2D eigenvalue weighted by Crippen LogP contribution is -2.32. The van der Waals surface area contributed by atoms with Crippen LogP contribution in [0.3, 0.4) is 0 Å². The number of carbonyl (C=O) groups excluding carboxylic acids is 1. The van der Waals surface area contributed by atoms with Crippen LogP contribution in [-0.4, -0.2) is 28.7 Å². The molecule has 0 aliphatic heterocycles. The van der Waals surface area contributed by atoms with E-state index >= 15 is 0 Å². The van der Waals surface area contributed by atoms with E-state index in [0.717, 1.165) is 40.5 Å². The Morgan fingerprint density at radius 1 is 1.06 bits per heavy atom. The molecule has 9 heteroatoms. The van der Waals surface area contributed by atoms with Crippen molar-refractivity contribution in [3.05, 3.63) is 99.4 Å². The SMILES string of the molecule is O=C(O)CC(NC(=O)OCC1c2ccccc2-c2ccccc21)c1cc(F)ccc1[N+](=O)[O-]. The second-order valence-electron chi connectivity index (χ2n) is 7.58. The largest absolute Gasteiger partial charge is 0.481 e. The molecule has 0 bridgehead atoms. The summed E-state index contributed by atoms with van der Waals surface area (Å²) in [5.41, 5.74) is 3.32. The fourth-order valence-corrected chi connectivity index (χ4v) is 4.17. The molecule has 0 aromatic heterocycles. The van der Waals surface area contributed by atoms with Gasteiger partial charge in [0.05, 0.1) is 22.9 Å². The van der Waals surface area contributed by atoms with E-state index in [-0.39, 0.29) is 18.1 Å². The molecule has 4 rings (SSSR count). The minimum absolute atomic E-state index is 0.0229. The molecular formula is C24H19FN2O6. The van der Waals surface area contributed by atoms with Crippen molar-refractivity contribution in [2.24, 2.45) is 0 Å². The van der Waals surface area contributed by atoms with Crippen LogP contribution in [0.4, 0.5) is 14.9 Å². The zero-order chi connectivity index (χ0) is 23.5. The number of nitrogens with one attached hydrogen (secondary N) is 1. The Labute approximate surface area is 187 Å². The molecule has 0 saturated carbocycles. The molecule has 0 heterocycles. The lowest BCUT2D eigenvalue weighted by Gasteiger charge is -2.19. The molecule has 0 saturated heterocycles. The standard InChI is InChI=1S/C24H19FN2O6/c25-14-9-10-22(27(31)32)19(11-14)21(12-23(28)29)26-24(30)33-13-20-17-7-3-1-5-15(17)16-6-2-4-8-18(16)20/h1-11,20-21H,12-13H2,(H,26,30)(H,28,29). The first kappa shape index (κ1) is 21.9. The first-order chi connectivity index (χ1) is 15.8. The number of rotatable bonds is 7. The van der Waals surface area contributed by atoms with E-state index in [4.69, 9.17) is 4.74 Å². The number of halogens is 1. The van der Waals surface area contributed by atoms with Gasteiger partial charge in [0, 0.05) is 12.0 Å². The van der Waals surface area contributed by atoms with Crippen LogP contribution in [0.2, 0.25) is 0 Å². The smallest absolute Gasteiger partial charge is 0.407 e. The number of hydrogen-bond acceptors (Lipinski definition) is 5. The molecule has 1 atom stereocenters. The van der Waals surface area contributed by atoms with Crippen LogP contribution in [0, 0.1) is 15.9 Å². The van der Waals surface area contributed by atoms with Crippen LogP contribution < -0.4 is 5.32 Å². The van der Waals surface area contributed by atoms with Gasteiger partial charge in [-0.25, -0.2) is 9.18 Å². The average molecular weight is 450 g/mol. The third-order valence-electron chi connectivity index (χ3n) is 5.58. The highest BCUT2D eigenvalue weighted by atomic mass is 19.1. The number of amides is 1. The molecule has 33 heavy (non-hydrogen) atoms. The van der Waals surface area contributed by atoms with Crippen LogP contribution in [-0.2, 0) is 9.53 Å². The molecule has 8 nitrogen and oxygen atoms in total. The molecule has 1 amide bonds. The van der Waals surface area contributed by atoms with Gasteiger partial charge in [0.1, 0.15) is 12.4 Å². The summed E-state index contributed by atoms with van der Waals surface area (Å²) in [5.74, 6) is -2.33. The predicted molar refractivity (Wildman–Crippen MR) is 116 cm³/mol. The predicted octanol–water partition coefficient (Wildman–Crippen LogP) is 4.79. The van der Waals surface area contributed by atoms with Crippen LogP contribution in [0.15, 0.2) is 66.7 Å². The second-order valence-corrected chi connectivity index (χ2v) is 7.58. The van der Waals surface area contributed by atoms with Crippen molar-refractivity contribution in [1.29, 1.82) is 0 Å². The van der Waals surface area contributed by atoms with Gasteiger partial charge in [0.25, 0.3) is 5.69 Å². The van der Waals surface area contributed by atoms with E-state index in [0.29, 0.717) is 0 Å². The van der Waals surface area contributed by atoms with Gasteiger partial charge in [-0.05, 0) is 34.4 Å². The van der Waals surface area contributed by atoms with Crippen molar-refractivity contribution in [2.75, 3.05) is 6.61 Å². The molecule has 1 aliphatic carbocycles. The second kappa shape index (κ2) is 9.07. The lowest BCUT2D eigenvalue weighted by molar-refractivity contribution is -0.385. The lowest BCUT2D eigenvalue weighted by atomic mass is 9.98. The van der Waals surface area contributed by atoms with Crippen molar-refractivity contribution in [3.63, 3.8) is 0 Å². The molecule has 0 fully saturated rings. The molecule has 1 unspecified atom stereocenters. The fraction of sp³-hybridized carbons (Fsp3) is 0.167. The fourth-order valence-electron chi connectivity index (χ4n) is 4.17. The summed E-state index contributed by atoms with van der Waals surface area (Å²) < 4.78 is 19.2. The number of carboxylic acid groups (broad SMARTS) is 1. The van der Waals surface area contributed by atoms with Crippen LogP contribution in [0.1, 0.15) is 35.1 Å². The van der Waals surface area contributed by atoms with Gasteiger partial charge in [0.15, 0.2) is 0 Å². The Bertz CT molecular complexity index is 1200. The number of ether oxygens (including phenoxy) is 1. The Morgan fingerprint density at radius 3 is 2.24 bits per heavy atom. The highest BCUT2D eigenvalue weighted by Crippen LogP contribution is 2.44. The van der Waals surface area contributed by atoms with Crippen molar-refractivity contribution >= 4 is 17.7 Å². The van der Waals surface area contributed by atoms with Crippen molar-refractivity contribution in [1.82, 2.24) is 5.32 Å². The van der Waals surface area contributed by atoms with Gasteiger partial charge in [-0.1, -0.05) is 48.5 Å². The Balaban J connectivity index is 1.54. The van der Waals surface area contributed by atoms with Crippen LogP contribution >= 0.6 is 0 Å². The Morgan fingerprint density at radius 2 is 1.67 bits per heavy atom. The van der Waals surface area contributed by atoms with Gasteiger partial charge in [-0.2, -0.15) is 0 Å². The highest BCUT2D eigenvalue weighted by molar-refractivity contribution is 5.79. The molecule has 2 N–H and O–H groups in total. The summed E-state index contributed by atoms with van der Waals surface area (Å²) in [7, 11) is 0. The number of carboxylic acids is 1. The molecule has 0 radical (unpaired) electrons. The minimum Gasteiger partial charge on any atom is -0.481 e. The zero-order valence-electron chi connectivity index (χ0n) is 17.2. The number of nitro groups is 1. The normalized spacial score (nSPS) is 13.0. The number of fused-ring (bicyclic) bond motifs is 3. The number of alkyl carbamates (subject to hydrolysis) is 1. The van der Waals surface area contributed by atoms with Crippen molar-refractivity contribution in [3.8, 4) is 11.1 Å². The first-order valence-corrected chi connectivity index (χ1v) is 10.1. The summed E-state index contributed by atoms with van der Waals surface area (Å²) in [4.78, 5) is 34.5. The monoisotopic (exact) mass is 450 g/mol. The summed E-state index contributed by atoms with van der Waals surface area (Å²) in [6.07, 6.45) is -1.64. The van der Waals surface area contributed by atoms with E-state index in [1.165, 1.54) is 0 Å². The molecule has 3 aromatic carbocycles. The number of benzene rings is 3. The molecule has 0 spiro atoms. The summed E-state index contributed by atoms with van der Waals surface area (Å²) in [6, 6.07) is 16.8. The maximum Gasteiger partial charge on any atom is 0.407 e. The van der Waals surface area contributed by atoms with E-state index in [9.17, 15) is 29.2 Å². The van der Waals surface area contributed by atoms with Gasteiger partial charge < -0.3 is 15.2 Å². The number of nitro benzene ring substituents is 1. The molecule has 3 aromatic rings. The third-order valence-corrected chi connectivity index (χ3v) is 5.58. The maximum atomic E-state index is 13.8. The summed E-state index contributed by atoms with van der Waals surface area (Å²) in [5, 5.41) is 22.9. The Kier molecular flexibility index (Phi) is 6.03. The van der Waals surface area contributed by atoms with Crippen molar-refractivity contribution < 1.29 is 28.7 Å². The first-order valence-electron chi connectivity index (χ1n) is 10.1. The Hall–Kier alpha value is -4.27. The van der Waals surface area contributed by atoms with Gasteiger partial charge in [0.2, 0.25) is 0 Å². The van der Waals surface area contributed by atoms with Crippen LogP contribution in [0.5, 0.6) is 0 Å². The average Bonchev–Trinajstić information content (AvgIpc) is 3.10. The van der Waals surface area contributed by atoms with Gasteiger partial charge in [-0.3, -0.25) is 14.9 Å². The van der Waals surface area contributed by atoms with E-state index in [1.807, 2.05) is 48.5 Å². The quantitative estimate of drug-likeness (QED) is 0.395. The van der Waals surface area contributed by atoms with Gasteiger partial charge >= 0.3 is 12.1 Å². The minimum atomic E-state index is -1.35.